The third-order valence-corrected chi connectivity index (χ3v) is 2.82. The summed E-state index contributed by atoms with van der Waals surface area (Å²) in [6.07, 6.45) is 4.98. The number of aromatic nitrogens is 2. The number of rotatable bonds is 5. The van der Waals surface area contributed by atoms with Gasteiger partial charge in [-0.2, -0.15) is 0 Å². The second kappa shape index (κ2) is 5.28. The summed E-state index contributed by atoms with van der Waals surface area (Å²) in [4.78, 5) is 8.02. The van der Waals surface area contributed by atoms with Crippen LogP contribution < -0.4 is 11.1 Å². The van der Waals surface area contributed by atoms with E-state index in [2.05, 4.69) is 29.1 Å². The van der Waals surface area contributed by atoms with E-state index >= 15 is 0 Å². The Kier molecular flexibility index (Phi) is 4.29. The largest absolute Gasteiger partial charge is 0.367 e. The summed E-state index contributed by atoms with van der Waals surface area (Å²) < 4.78 is 0. The van der Waals surface area contributed by atoms with Crippen molar-refractivity contribution in [1.29, 1.82) is 0 Å². The van der Waals surface area contributed by atoms with Crippen LogP contribution in [0.4, 0.5) is 5.82 Å². The van der Waals surface area contributed by atoms with Gasteiger partial charge in [-0.25, -0.2) is 4.98 Å². The van der Waals surface area contributed by atoms with Crippen LogP contribution in [-0.4, -0.2) is 22.1 Å². The minimum absolute atomic E-state index is 0.190. The van der Waals surface area contributed by atoms with Gasteiger partial charge in [0.1, 0.15) is 11.0 Å². The van der Waals surface area contributed by atoms with Crippen molar-refractivity contribution < 1.29 is 0 Å². The monoisotopic (exact) mass is 228 g/mol. The van der Waals surface area contributed by atoms with E-state index < -0.39 is 0 Å². The van der Waals surface area contributed by atoms with E-state index in [1.54, 1.807) is 6.20 Å². The summed E-state index contributed by atoms with van der Waals surface area (Å²) >= 11 is 5.72. The van der Waals surface area contributed by atoms with E-state index in [0.29, 0.717) is 17.5 Å². The highest BCUT2D eigenvalue weighted by Crippen LogP contribution is 2.13. The Morgan fingerprint density at radius 1 is 1.40 bits per heavy atom. The standard InChI is InChI=1S/C10H17ClN4/c1-3-10(12,4-2)7-14-9-6-13-5-8(11)15-9/h5-6H,3-4,7,12H2,1-2H3,(H,14,15). The number of nitrogens with two attached hydrogens (primary N) is 1. The normalized spacial score (nSPS) is 11.5. The minimum Gasteiger partial charge on any atom is -0.367 e. The number of hydrogen-bond donors (Lipinski definition) is 2. The summed E-state index contributed by atoms with van der Waals surface area (Å²) in [5.74, 6) is 0.666. The van der Waals surface area contributed by atoms with Crippen molar-refractivity contribution >= 4 is 17.4 Å². The molecule has 1 aromatic heterocycles. The molecule has 5 heteroatoms. The summed E-state index contributed by atoms with van der Waals surface area (Å²) in [6.45, 7) is 4.83. The van der Waals surface area contributed by atoms with Crippen molar-refractivity contribution in [3.05, 3.63) is 17.5 Å². The molecule has 0 aliphatic rings. The zero-order valence-electron chi connectivity index (χ0n) is 9.13. The van der Waals surface area contributed by atoms with E-state index in [1.807, 2.05) is 0 Å². The fourth-order valence-electron chi connectivity index (χ4n) is 1.19. The van der Waals surface area contributed by atoms with Gasteiger partial charge in [0, 0.05) is 12.1 Å². The molecule has 0 radical (unpaired) electrons. The zero-order valence-corrected chi connectivity index (χ0v) is 9.88. The topological polar surface area (TPSA) is 63.8 Å². The SMILES string of the molecule is CCC(N)(CC)CNc1cncc(Cl)n1. The maximum atomic E-state index is 6.14. The van der Waals surface area contributed by atoms with Gasteiger partial charge in [0.15, 0.2) is 0 Å². The molecule has 0 fully saturated rings. The summed E-state index contributed by atoms with van der Waals surface area (Å²) in [6, 6.07) is 0. The summed E-state index contributed by atoms with van der Waals surface area (Å²) in [5.41, 5.74) is 5.95. The van der Waals surface area contributed by atoms with Gasteiger partial charge in [-0.1, -0.05) is 25.4 Å². The van der Waals surface area contributed by atoms with Gasteiger partial charge in [0.2, 0.25) is 0 Å². The second-order valence-corrected chi connectivity index (χ2v) is 4.04. The van der Waals surface area contributed by atoms with E-state index in [1.165, 1.54) is 6.20 Å². The first-order chi connectivity index (χ1) is 7.09. The molecule has 0 aliphatic heterocycles. The molecule has 15 heavy (non-hydrogen) atoms. The molecule has 0 atom stereocenters. The highest BCUT2D eigenvalue weighted by atomic mass is 35.5. The van der Waals surface area contributed by atoms with Crippen LogP contribution in [0.2, 0.25) is 5.15 Å². The molecule has 0 bridgehead atoms. The molecule has 0 saturated heterocycles. The lowest BCUT2D eigenvalue weighted by Crippen LogP contribution is -2.45. The molecular formula is C10H17ClN4. The van der Waals surface area contributed by atoms with Crippen LogP contribution in [-0.2, 0) is 0 Å². The lowest BCUT2D eigenvalue weighted by atomic mass is 9.94. The van der Waals surface area contributed by atoms with Gasteiger partial charge in [0.25, 0.3) is 0 Å². The Labute approximate surface area is 95.3 Å². The van der Waals surface area contributed by atoms with Crippen molar-refractivity contribution in [3.63, 3.8) is 0 Å². The number of hydrogen-bond acceptors (Lipinski definition) is 4. The number of nitrogens with one attached hydrogen (secondary N) is 1. The van der Waals surface area contributed by atoms with Crippen LogP contribution in [0.25, 0.3) is 0 Å². The Bertz CT molecular complexity index is 312. The third-order valence-electron chi connectivity index (χ3n) is 2.63. The van der Waals surface area contributed by atoms with Crippen LogP contribution in [0.3, 0.4) is 0 Å². The quantitative estimate of drug-likeness (QED) is 0.810. The molecule has 84 valence electrons. The van der Waals surface area contributed by atoms with Crippen LogP contribution in [0.1, 0.15) is 26.7 Å². The molecule has 0 aromatic carbocycles. The first-order valence-electron chi connectivity index (χ1n) is 5.10. The first kappa shape index (κ1) is 12.2. The summed E-state index contributed by atoms with van der Waals surface area (Å²) in [5, 5.41) is 3.53. The predicted octanol–water partition coefficient (Wildman–Crippen LogP) is 2.06. The number of anilines is 1. The smallest absolute Gasteiger partial charge is 0.149 e. The molecule has 1 aromatic rings. The average molecular weight is 229 g/mol. The molecule has 3 N–H and O–H groups in total. The van der Waals surface area contributed by atoms with Crippen LogP contribution >= 0.6 is 11.6 Å². The van der Waals surface area contributed by atoms with Gasteiger partial charge in [0.05, 0.1) is 12.4 Å². The van der Waals surface area contributed by atoms with Gasteiger partial charge in [-0.05, 0) is 12.8 Å². The van der Waals surface area contributed by atoms with Crippen LogP contribution in [0.5, 0.6) is 0 Å². The van der Waals surface area contributed by atoms with E-state index in [9.17, 15) is 0 Å². The van der Waals surface area contributed by atoms with E-state index in [-0.39, 0.29) is 5.54 Å². The van der Waals surface area contributed by atoms with E-state index in [4.69, 9.17) is 17.3 Å². The lowest BCUT2D eigenvalue weighted by molar-refractivity contribution is 0.418. The molecule has 1 heterocycles. The Morgan fingerprint density at radius 3 is 2.60 bits per heavy atom. The van der Waals surface area contributed by atoms with Crippen LogP contribution in [0, 0.1) is 0 Å². The average Bonchev–Trinajstić information content (AvgIpc) is 2.26. The van der Waals surface area contributed by atoms with Gasteiger partial charge >= 0.3 is 0 Å². The molecule has 0 saturated carbocycles. The maximum Gasteiger partial charge on any atom is 0.149 e. The predicted molar refractivity (Wildman–Crippen MR) is 63.0 cm³/mol. The van der Waals surface area contributed by atoms with Gasteiger partial charge in [-0.15, -0.1) is 0 Å². The Hall–Kier alpha value is -0.870. The van der Waals surface area contributed by atoms with Crippen LogP contribution in [0.15, 0.2) is 12.4 Å². The van der Waals surface area contributed by atoms with Crippen molar-refractivity contribution in [3.8, 4) is 0 Å². The molecule has 4 nitrogen and oxygen atoms in total. The van der Waals surface area contributed by atoms with Gasteiger partial charge < -0.3 is 11.1 Å². The minimum atomic E-state index is -0.190. The molecular weight excluding hydrogens is 212 g/mol. The zero-order chi connectivity index (χ0) is 11.3. The Morgan fingerprint density at radius 2 is 2.07 bits per heavy atom. The van der Waals surface area contributed by atoms with E-state index in [0.717, 1.165) is 12.8 Å². The van der Waals surface area contributed by atoms with Gasteiger partial charge in [-0.3, -0.25) is 4.98 Å². The third kappa shape index (κ3) is 3.64. The molecule has 0 unspecified atom stereocenters. The highest BCUT2D eigenvalue weighted by Gasteiger charge is 2.19. The highest BCUT2D eigenvalue weighted by molar-refractivity contribution is 6.29. The summed E-state index contributed by atoms with van der Waals surface area (Å²) in [7, 11) is 0. The van der Waals surface area contributed by atoms with Crippen molar-refractivity contribution in [1.82, 2.24) is 9.97 Å². The number of halogens is 1. The second-order valence-electron chi connectivity index (χ2n) is 3.65. The molecule has 0 aliphatic carbocycles. The first-order valence-corrected chi connectivity index (χ1v) is 5.48. The fourth-order valence-corrected chi connectivity index (χ4v) is 1.34. The molecule has 0 amide bonds. The van der Waals surface area contributed by atoms with Crippen molar-refractivity contribution in [2.24, 2.45) is 5.73 Å². The van der Waals surface area contributed by atoms with Crippen molar-refractivity contribution in [2.75, 3.05) is 11.9 Å². The maximum absolute atomic E-state index is 6.14. The Balaban J connectivity index is 2.56. The van der Waals surface area contributed by atoms with Crippen molar-refractivity contribution in [2.45, 2.75) is 32.2 Å². The lowest BCUT2D eigenvalue weighted by Gasteiger charge is -2.26. The molecule has 1 rings (SSSR count). The number of nitrogens with zero attached hydrogens (tertiary/aromatic N) is 2. The molecule has 0 spiro atoms. The fraction of sp³-hybridized carbons (Fsp3) is 0.600.